The highest BCUT2D eigenvalue weighted by Crippen LogP contribution is 2.24. The molecule has 3 rings (SSSR count). The van der Waals surface area contributed by atoms with E-state index in [-0.39, 0.29) is 11.9 Å². The SMILES string of the molecule is C=C(NCc1ccc(OC(C)C)cc1)N(Cc1ccc(F)cc1C)C1CCCN(C)CC1. The summed E-state index contributed by atoms with van der Waals surface area (Å²) in [5, 5.41) is 3.54. The van der Waals surface area contributed by atoms with Crippen molar-refractivity contribution in [3.8, 4) is 5.75 Å². The lowest BCUT2D eigenvalue weighted by atomic mass is 10.0. The van der Waals surface area contributed by atoms with Crippen LogP contribution in [0.15, 0.2) is 54.9 Å². The Balaban J connectivity index is 1.70. The average Bonchev–Trinajstić information content (AvgIpc) is 2.96. The second-order valence-corrected chi connectivity index (χ2v) is 9.20. The number of rotatable bonds is 9. The molecule has 1 atom stereocenters. The standard InChI is InChI=1S/C27H38FN3O/c1-20(2)32-27-12-8-23(9-13-27)18-29-22(4)31(26-7-6-15-30(5)16-14-26)19-24-10-11-25(28)17-21(24)3/h8-13,17,20,26,29H,4,6-7,14-16,18-19H2,1-3,5H3. The van der Waals surface area contributed by atoms with Gasteiger partial charge >= 0.3 is 0 Å². The summed E-state index contributed by atoms with van der Waals surface area (Å²) in [5.41, 5.74) is 3.30. The van der Waals surface area contributed by atoms with E-state index < -0.39 is 0 Å². The number of ether oxygens (including phenoxy) is 1. The average molecular weight is 440 g/mol. The van der Waals surface area contributed by atoms with E-state index in [1.165, 1.54) is 12.0 Å². The van der Waals surface area contributed by atoms with E-state index in [0.29, 0.717) is 12.6 Å². The van der Waals surface area contributed by atoms with E-state index in [0.717, 1.165) is 55.2 Å². The summed E-state index contributed by atoms with van der Waals surface area (Å²) < 4.78 is 19.4. The van der Waals surface area contributed by atoms with Crippen molar-refractivity contribution in [2.75, 3.05) is 20.1 Å². The minimum atomic E-state index is -0.185. The Bertz CT molecular complexity index is 881. The zero-order valence-corrected chi connectivity index (χ0v) is 20.0. The molecule has 0 amide bonds. The van der Waals surface area contributed by atoms with Gasteiger partial charge in [0.1, 0.15) is 11.6 Å². The lowest BCUT2D eigenvalue weighted by Crippen LogP contribution is -2.39. The van der Waals surface area contributed by atoms with E-state index in [2.05, 4.69) is 40.9 Å². The summed E-state index contributed by atoms with van der Waals surface area (Å²) in [6.07, 6.45) is 3.57. The van der Waals surface area contributed by atoms with Gasteiger partial charge < -0.3 is 19.9 Å². The van der Waals surface area contributed by atoms with Crippen LogP contribution >= 0.6 is 0 Å². The molecule has 0 spiro atoms. The van der Waals surface area contributed by atoms with E-state index in [4.69, 9.17) is 4.74 Å². The summed E-state index contributed by atoms with van der Waals surface area (Å²) in [5.74, 6) is 1.63. The molecule has 1 heterocycles. The fraction of sp³-hybridized carbons (Fsp3) is 0.481. The van der Waals surface area contributed by atoms with E-state index >= 15 is 0 Å². The number of aryl methyl sites for hydroxylation is 1. The Morgan fingerprint density at radius 3 is 2.62 bits per heavy atom. The van der Waals surface area contributed by atoms with Crippen molar-refractivity contribution in [3.63, 3.8) is 0 Å². The first-order chi connectivity index (χ1) is 15.3. The first kappa shape index (κ1) is 24.1. The van der Waals surface area contributed by atoms with Gasteiger partial charge in [0.2, 0.25) is 0 Å². The van der Waals surface area contributed by atoms with Crippen LogP contribution in [-0.4, -0.2) is 42.1 Å². The minimum absolute atomic E-state index is 0.167. The third-order valence-corrected chi connectivity index (χ3v) is 6.15. The Kier molecular flexibility index (Phi) is 8.57. The fourth-order valence-electron chi connectivity index (χ4n) is 4.26. The van der Waals surface area contributed by atoms with Gasteiger partial charge in [-0.1, -0.05) is 24.8 Å². The van der Waals surface area contributed by atoms with Crippen LogP contribution in [-0.2, 0) is 13.1 Å². The molecule has 2 aromatic carbocycles. The summed E-state index contributed by atoms with van der Waals surface area (Å²) in [6.45, 7) is 14.1. The van der Waals surface area contributed by atoms with Gasteiger partial charge in [0.25, 0.3) is 0 Å². The largest absolute Gasteiger partial charge is 0.491 e. The van der Waals surface area contributed by atoms with Gasteiger partial charge in [-0.05, 0) is 101 Å². The Morgan fingerprint density at radius 2 is 1.94 bits per heavy atom. The molecule has 32 heavy (non-hydrogen) atoms. The molecule has 1 unspecified atom stereocenters. The number of benzene rings is 2. The zero-order chi connectivity index (χ0) is 23.1. The Hall–Kier alpha value is -2.53. The van der Waals surface area contributed by atoms with Crippen LogP contribution < -0.4 is 10.1 Å². The van der Waals surface area contributed by atoms with Crippen LogP contribution in [0.25, 0.3) is 0 Å². The van der Waals surface area contributed by atoms with Crippen LogP contribution in [0.2, 0.25) is 0 Å². The lowest BCUT2D eigenvalue weighted by Gasteiger charge is -2.35. The maximum atomic E-state index is 13.6. The van der Waals surface area contributed by atoms with E-state index in [9.17, 15) is 4.39 Å². The molecule has 4 nitrogen and oxygen atoms in total. The number of nitrogens with zero attached hydrogens (tertiary/aromatic N) is 2. The summed E-state index contributed by atoms with van der Waals surface area (Å²) >= 11 is 0. The van der Waals surface area contributed by atoms with E-state index in [1.807, 2.05) is 39.0 Å². The van der Waals surface area contributed by atoms with Gasteiger partial charge in [0.15, 0.2) is 0 Å². The molecule has 0 radical (unpaired) electrons. The van der Waals surface area contributed by atoms with Crippen molar-refractivity contribution in [2.45, 2.75) is 65.3 Å². The van der Waals surface area contributed by atoms with Gasteiger partial charge in [0, 0.05) is 19.1 Å². The predicted molar refractivity (Wildman–Crippen MR) is 130 cm³/mol. The first-order valence-electron chi connectivity index (χ1n) is 11.7. The molecule has 1 aliphatic rings. The maximum absolute atomic E-state index is 13.6. The molecular formula is C27H38FN3O. The predicted octanol–water partition coefficient (Wildman–Crippen LogP) is 5.47. The molecule has 0 saturated carbocycles. The van der Waals surface area contributed by atoms with Gasteiger partial charge in [-0.3, -0.25) is 0 Å². The lowest BCUT2D eigenvalue weighted by molar-refractivity contribution is 0.206. The highest BCUT2D eigenvalue weighted by atomic mass is 19.1. The van der Waals surface area contributed by atoms with Crippen LogP contribution in [0.5, 0.6) is 5.75 Å². The zero-order valence-electron chi connectivity index (χ0n) is 20.0. The van der Waals surface area contributed by atoms with Crippen molar-refractivity contribution in [1.29, 1.82) is 0 Å². The molecule has 1 N–H and O–H groups in total. The topological polar surface area (TPSA) is 27.7 Å². The monoisotopic (exact) mass is 439 g/mol. The van der Waals surface area contributed by atoms with Crippen LogP contribution in [0, 0.1) is 12.7 Å². The van der Waals surface area contributed by atoms with Gasteiger partial charge in [-0.2, -0.15) is 0 Å². The van der Waals surface area contributed by atoms with Crippen LogP contribution in [0.3, 0.4) is 0 Å². The normalized spacial score (nSPS) is 17.1. The Labute approximate surface area is 193 Å². The molecule has 2 aromatic rings. The van der Waals surface area contributed by atoms with Crippen molar-refractivity contribution in [1.82, 2.24) is 15.1 Å². The first-order valence-corrected chi connectivity index (χ1v) is 11.7. The highest BCUT2D eigenvalue weighted by molar-refractivity contribution is 5.28. The van der Waals surface area contributed by atoms with Gasteiger partial charge in [-0.25, -0.2) is 4.39 Å². The smallest absolute Gasteiger partial charge is 0.123 e. The summed E-state index contributed by atoms with van der Waals surface area (Å²) in [7, 11) is 2.19. The molecule has 5 heteroatoms. The second kappa shape index (κ2) is 11.4. The fourth-order valence-corrected chi connectivity index (χ4v) is 4.26. The van der Waals surface area contributed by atoms with Crippen molar-refractivity contribution < 1.29 is 9.13 Å². The van der Waals surface area contributed by atoms with E-state index in [1.54, 1.807) is 12.1 Å². The number of hydrogen-bond donors (Lipinski definition) is 1. The number of nitrogens with one attached hydrogen (secondary N) is 1. The third-order valence-electron chi connectivity index (χ3n) is 6.15. The van der Waals surface area contributed by atoms with Crippen molar-refractivity contribution in [2.24, 2.45) is 0 Å². The summed E-state index contributed by atoms with van der Waals surface area (Å²) in [4.78, 5) is 4.79. The third kappa shape index (κ3) is 6.99. The molecule has 1 fully saturated rings. The molecule has 0 bridgehead atoms. The second-order valence-electron chi connectivity index (χ2n) is 9.20. The number of likely N-dealkylation sites (tertiary alicyclic amines) is 1. The highest BCUT2D eigenvalue weighted by Gasteiger charge is 2.23. The minimum Gasteiger partial charge on any atom is -0.491 e. The molecule has 0 aromatic heterocycles. The number of hydrogen-bond acceptors (Lipinski definition) is 4. The maximum Gasteiger partial charge on any atom is 0.123 e. The molecule has 1 aliphatic heterocycles. The molecular weight excluding hydrogens is 401 g/mol. The van der Waals surface area contributed by atoms with Crippen molar-refractivity contribution >= 4 is 0 Å². The van der Waals surface area contributed by atoms with Crippen LogP contribution in [0.4, 0.5) is 4.39 Å². The molecule has 0 aliphatic carbocycles. The Morgan fingerprint density at radius 1 is 1.19 bits per heavy atom. The van der Waals surface area contributed by atoms with Crippen LogP contribution in [0.1, 0.15) is 49.8 Å². The molecule has 174 valence electrons. The van der Waals surface area contributed by atoms with Gasteiger partial charge in [0.05, 0.1) is 11.9 Å². The van der Waals surface area contributed by atoms with Gasteiger partial charge in [-0.15, -0.1) is 0 Å². The number of halogens is 1. The van der Waals surface area contributed by atoms with Crippen molar-refractivity contribution in [3.05, 3.63) is 77.4 Å². The summed E-state index contributed by atoms with van der Waals surface area (Å²) in [6, 6.07) is 13.7. The quantitative estimate of drug-likeness (QED) is 0.561. The molecule has 1 saturated heterocycles.